The van der Waals surface area contributed by atoms with Crippen LogP contribution in [0.5, 0.6) is 0 Å². The van der Waals surface area contributed by atoms with Gasteiger partial charge in [0.2, 0.25) is 0 Å². The quantitative estimate of drug-likeness (QED) is 0.815. The van der Waals surface area contributed by atoms with E-state index in [0.717, 1.165) is 51.5 Å². The van der Waals surface area contributed by atoms with E-state index in [4.69, 9.17) is 0 Å². The van der Waals surface area contributed by atoms with E-state index in [2.05, 4.69) is 53.3 Å². The summed E-state index contributed by atoms with van der Waals surface area (Å²) in [5.74, 6) is 1.58. The lowest BCUT2D eigenvalue weighted by Gasteiger charge is -2.34. The molecule has 144 valence electrons. The molecular weight excluding hydrogens is 336 g/mol. The molecule has 0 unspecified atom stereocenters. The van der Waals surface area contributed by atoms with Crippen LogP contribution in [0.3, 0.4) is 0 Å². The molecule has 0 radical (unpaired) electrons. The SMILES string of the molecule is CC(C)CCNc1ccc(C(=O)N2CCN(Cc3ccccc3)CC2)cn1. The highest BCUT2D eigenvalue weighted by Crippen LogP contribution is 2.13. The van der Waals surface area contributed by atoms with Crippen molar-refractivity contribution in [1.82, 2.24) is 14.8 Å². The van der Waals surface area contributed by atoms with Crippen LogP contribution < -0.4 is 5.32 Å². The second kappa shape index (κ2) is 9.51. The average molecular weight is 367 g/mol. The van der Waals surface area contributed by atoms with E-state index >= 15 is 0 Å². The Hall–Kier alpha value is -2.40. The molecular formula is C22H30N4O. The van der Waals surface area contributed by atoms with Crippen molar-refractivity contribution in [3.63, 3.8) is 0 Å². The highest BCUT2D eigenvalue weighted by atomic mass is 16.2. The van der Waals surface area contributed by atoms with Crippen LogP contribution in [0.1, 0.15) is 36.2 Å². The number of anilines is 1. The molecule has 5 nitrogen and oxygen atoms in total. The zero-order valence-corrected chi connectivity index (χ0v) is 16.4. The summed E-state index contributed by atoms with van der Waals surface area (Å²) in [5, 5.41) is 3.31. The first-order valence-electron chi connectivity index (χ1n) is 9.87. The number of nitrogens with one attached hydrogen (secondary N) is 1. The standard InChI is InChI=1S/C22H30N4O/c1-18(2)10-11-23-21-9-8-20(16-24-21)22(27)26-14-12-25(13-15-26)17-19-6-4-3-5-7-19/h3-9,16,18H,10-15,17H2,1-2H3,(H,23,24). The number of hydrogen-bond acceptors (Lipinski definition) is 4. The summed E-state index contributed by atoms with van der Waals surface area (Å²) in [7, 11) is 0. The summed E-state index contributed by atoms with van der Waals surface area (Å²) in [4.78, 5) is 21.5. The van der Waals surface area contributed by atoms with Crippen molar-refractivity contribution < 1.29 is 4.79 Å². The normalized spacial score (nSPS) is 15.1. The van der Waals surface area contributed by atoms with Crippen LogP contribution in [-0.2, 0) is 6.54 Å². The third kappa shape index (κ3) is 5.79. The number of pyridine rings is 1. The molecule has 2 heterocycles. The van der Waals surface area contributed by atoms with Gasteiger partial charge >= 0.3 is 0 Å². The maximum atomic E-state index is 12.7. The summed E-state index contributed by atoms with van der Waals surface area (Å²) >= 11 is 0. The van der Waals surface area contributed by atoms with E-state index < -0.39 is 0 Å². The fourth-order valence-electron chi connectivity index (χ4n) is 3.25. The van der Waals surface area contributed by atoms with E-state index in [1.54, 1.807) is 6.20 Å². The Morgan fingerprint density at radius 1 is 1.07 bits per heavy atom. The number of nitrogens with zero attached hydrogens (tertiary/aromatic N) is 3. The van der Waals surface area contributed by atoms with Crippen molar-refractivity contribution in [2.45, 2.75) is 26.8 Å². The lowest BCUT2D eigenvalue weighted by Crippen LogP contribution is -2.48. The molecule has 0 bridgehead atoms. The van der Waals surface area contributed by atoms with E-state index in [1.165, 1.54) is 5.56 Å². The number of carbonyl (C=O) groups excluding carboxylic acids is 1. The van der Waals surface area contributed by atoms with E-state index in [9.17, 15) is 4.79 Å². The molecule has 2 aromatic rings. The van der Waals surface area contributed by atoms with Crippen LogP contribution in [0.15, 0.2) is 48.7 Å². The maximum absolute atomic E-state index is 12.7. The number of carbonyl (C=O) groups is 1. The van der Waals surface area contributed by atoms with E-state index in [1.807, 2.05) is 23.1 Å². The first-order valence-corrected chi connectivity index (χ1v) is 9.87. The fraction of sp³-hybridized carbons (Fsp3) is 0.455. The molecule has 0 saturated carbocycles. The molecule has 0 atom stereocenters. The topological polar surface area (TPSA) is 48.5 Å². The van der Waals surface area contributed by atoms with E-state index in [0.29, 0.717) is 11.5 Å². The zero-order valence-electron chi connectivity index (χ0n) is 16.4. The van der Waals surface area contributed by atoms with E-state index in [-0.39, 0.29) is 5.91 Å². The van der Waals surface area contributed by atoms with Crippen molar-refractivity contribution in [1.29, 1.82) is 0 Å². The molecule has 1 aromatic heterocycles. The van der Waals surface area contributed by atoms with Gasteiger partial charge in [0.1, 0.15) is 5.82 Å². The Morgan fingerprint density at radius 2 is 1.81 bits per heavy atom. The van der Waals surface area contributed by atoms with Crippen LogP contribution in [0, 0.1) is 5.92 Å². The predicted octanol–water partition coefficient (Wildman–Crippen LogP) is 3.50. The van der Waals surface area contributed by atoms with Crippen molar-refractivity contribution in [3.05, 3.63) is 59.8 Å². The molecule has 5 heteroatoms. The Bertz CT molecular complexity index is 707. The van der Waals surface area contributed by atoms with Gasteiger partial charge in [-0.05, 0) is 30.0 Å². The Kier molecular flexibility index (Phi) is 6.82. The summed E-state index contributed by atoms with van der Waals surface area (Å²) in [5.41, 5.74) is 1.99. The van der Waals surface area contributed by atoms with Crippen molar-refractivity contribution >= 4 is 11.7 Å². The molecule has 1 saturated heterocycles. The van der Waals surface area contributed by atoms with Gasteiger partial charge in [-0.2, -0.15) is 0 Å². The third-order valence-corrected chi connectivity index (χ3v) is 4.95. The van der Waals surface area contributed by atoms with Crippen LogP contribution in [0.2, 0.25) is 0 Å². The second-order valence-corrected chi connectivity index (χ2v) is 7.60. The summed E-state index contributed by atoms with van der Waals surface area (Å²) in [6.45, 7) is 9.60. The first-order chi connectivity index (χ1) is 13.1. The maximum Gasteiger partial charge on any atom is 0.255 e. The van der Waals surface area contributed by atoms with Crippen LogP contribution in [0.4, 0.5) is 5.82 Å². The van der Waals surface area contributed by atoms with Crippen molar-refractivity contribution in [2.75, 3.05) is 38.0 Å². The van der Waals surface area contributed by atoms with Gasteiger partial charge in [0.25, 0.3) is 5.91 Å². The Morgan fingerprint density at radius 3 is 2.44 bits per heavy atom. The largest absolute Gasteiger partial charge is 0.370 e. The average Bonchev–Trinajstić information content (AvgIpc) is 2.69. The Balaban J connectivity index is 1.47. The molecule has 3 rings (SSSR count). The minimum absolute atomic E-state index is 0.0793. The van der Waals surface area contributed by atoms with Crippen LogP contribution in [-0.4, -0.2) is 53.4 Å². The lowest BCUT2D eigenvalue weighted by molar-refractivity contribution is 0.0628. The molecule has 1 aromatic carbocycles. The highest BCUT2D eigenvalue weighted by molar-refractivity contribution is 5.94. The van der Waals surface area contributed by atoms with Gasteiger partial charge in [-0.1, -0.05) is 44.2 Å². The van der Waals surface area contributed by atoms with Gasteiger partial charge in [-0.25, -0.2) is 4.98 Å². The molecule has 1 N–H and O–H groups in total. The summed E-state index contributed by atoms with van der Waals surface area (Å²) in [6.07, 6.45) is 2.80. The fourth-order valence-corrected chi connectivity index (χ4v) is 3.25. The molecule has 1 aliphatic rings. The van der Waals surface area contributed by atoms with Crippen LogP contribution in [0.25, 0.3) is 0 Å². The minimum atomic E-state index is 0.0793. The third-order valence-electron chi connectivity index (χ3n) is 4.95. The number of hydrogen-bond donors (Lipinski definition) is 1. The number of piperazine rings is 1. The van der Waals surface area contributed by atoms with Crippen molar-refractivity contribution in [3.8, 4) is 0 Å². The predicted molar refractivity (Wildman–Crippen MR) is 110 cm³/mol. The van der Waals surface area contributed by atoms with Gasteiger partial charge in [0, 0.05) is 45.5 Å². The van der Waals surface area contributed by atoms with Gasteiger partial charge in [0.15, 0.2) is 0 Å². The highest BCUT2D eigenvalue weighted by Gasteiger charge is 2.22. The second-order valence-electron chi connectivity index (χ2n) is 7.60. The van der Waals surface area contributed by atoms with Gasteiger partial charge in [0.05, 0.1) is 5.56 Å². The van der Waals surface area contributed by atoms with Gasteiger partial charge in [-0.3, -0.25) is 9.69 Å². The first kappa shape index (κ1) is 19.4. The minimum Gasteiger partial charge on any atom is -0.370 e. The zero-order chi connectivity index (χ0) is 19.1. The number of rotatable bonds is 7. The smallest absolute Gasteiger partial charge is 0.255 e. The monoisotopic (exact) mass is 366 g/mol. The molecule has 1 amide bonds. The number of aromatic nitrogens is 1. The van der Waals surface area contributed by atoms with Gasteiger partial charge < -0.3 is 10.2 Å². The lowest BCUT2D eigenvalue weighted by atomic mass is 10.1. The number of amides is 1. The molecule has 1 aliphatic heterocycles. The molecule has 1 fully saturated rings. The summed E-state index contributed by atoms with van der Waals surface area (Å²) < 4.78 is 0. The molecule has 27 heavy (non-hydrogen) atoms. The Labute approximate surface area is 162 Å². The summed E-state index contributed by atoms with van der Waals surface area (Å²) in [6, 6.07) is 14.3. The molecule has 0 spiro atoms. The van der Waals surface area contributed by atoms with Crippen molar-refractivity contribution in [2.24, 2.45) is 5.92 Å². The number of benzene rings is 1. The van der Waals surface area contributed by atoms with Crippen LogP contribution >= 0.6 is 0 Å². The van der Waals surface area contributed by atoms with Gasteiger partial charge in [-0.15, -0.1) is 0 Å². The molecule has 0 aliphatic carbocycles.